The summed E-state index contributed by atoms with van der Waals surface area (Å²) in [6.07, 6.45) is -9.63. The molecule has 0 spiro atoms. The molecule has 0 unspecified atom stereocenters. The second-order valence-corrected chi connectivity index (χ2v) is 7.91. The normalized spacial score (nSPS) is 16.4. The predicted octanol–water partition coefficient (Wildman–Crippen LogP) is 3.17. The van der Waals surface area contributed by atoms with Crippen LogP contribution in [0.1, 0.15) is 17.2 Å². The smallest absolute Gasteiger partial charge is 0.305 e. The largest absolute Gasteiger partial charge is 0.451 e. The van der Waals surface area contributed by atoms with Crippen LogP contribution in [0.5, 0.6) is 0 Å². The highest BCUT2D eigenvalue weighted by Crippen LogP contribution is 2.37. The number of hydrogen-bond acceptors (Lipinski definition) is 4. The van der Waals surface area contributed by atoms with Crippen LogP contribution in [-0.2, 0) is 35.5 Å². The van der Waals surface area contributed by atoms with Crippen LogP contribution in [0.2, 0.25) is 5.02 Å². The van der Waals surface area contributed by atoms with Gasteiger partial charge in [0.15, 0.2) is 0 Å². The van der Waals surface area contributed by atoms with Gasteiger partial charge in [0, 0.05) is 13.1 Å². The van der Waals surface area contributed by atoms with Gasteiger partial charge >= 0.3 is 12.4 Å². The summed E-state index contributed by atoms with van der Waals surface area (Å²) in [5, 5.41) is 5.68. The number of sulfonamides is 1. The zero-order valence-electron chi connectivity index (χ0n) is 13.0. The Morgan fingerprint density at radius 2 is 1.67 bits per heavy atom. The van der Waals surface area contributed by atoms with Gasteiger partial charge in [0.2, 0.25) is 15.8 Å². The first-order valence-corrected chi connectivity index (χ1v) is 9.00. The van der Waals surface area contributed by atoms with Gasteiger partial charge in [-0.05, 0) is 18.2 Å². The second-order valence-electron chi connectivity index (χ2n) is 5.57. The van der Waals surface area contributed by atoms with Crippen molar-refractivity contribution in [2.75, 3.05) is 6.54 Å². The molecule has 0 atom stereocenters. The number of benzene rings is 1. The molecular formula is C13H9ClF6N4O2S. The molecule has 2 aromatic rings. The van der Waals surface area contributed by atoms with E-state index in [2.05, 4.69) is 10.2 Å². The lowest BCUT2D eigenvalue weighted by Gasteiger charge is -2.27. The van der Waals surface area contributed by atoms with Crippen molar-refractivity contribution in [1.82, 2.24) is 19.1 Å². The van der Waals surface area contributed by atoms with E-state index in [1.807, 2.05) is 0 Å². The van der Waals surface area contributed by atoms with E-state index in [4.69, 9.17) is 11.6 Å². The molecule has 1 aliphatic heterocycles. The maximum Gasteiger partial charge on any atom is 0.451 e. The minimum atomic E-state index is -4.87. The van der Waals surface area contributed by atoms with Gasteiger partial charge in [-0.1, -0.05) is 11.6 Å². The van der Waals surface area contributed by atoms with E-state index in [1.165, 1.54) is 0 Å². The summed E-state index contributed by atoms with van der Waals surface area (Å²) in [5.41, 5.74) is -1.33. The molecule has 0 saturated carbocycles. The van der Waals surface area contributed by atoms with Crippen molar-refractivity contribution in [1.29, 1.82) is 0 Å². The number of halogens is 7. The summed E-state index contributed by atoms with van der Waals surface area (Å²) in [4.78, 5) is -0.678. The van der Waals surface area contributed by atoms with Gasteiger partial charge < -0.3 is 4.57 Å². The minimum absolute atomic E-state index is 0.262. The van der Waals surface area contributed by atoms with E-state index in [0.717, 1.165) is 21.0 Å². The Morgan fingerprint density at radius 3 is 2.26 bits per heavy atom. The third-order valence-corrected chi connectivity index (χ3v) is 6.02. The van der Waals surface area contributed by atoms with Crippen molar-refractivity contribution in [3.05, 3.63) is 40.4 Å². The monoisotopic (exact) mass is 434 g/mol. The highest BCUT2D eigenvalue weighted by Gasteiger charge is 2.41. The molecule has 0 bridgehead atoms. The summed E-state index contributed by atoms with van der Waals surface area (Å²) in [5.74, 6) is -1.53. The first-order valence-electron chi connectivity index (χ1n) is 7.18. The first-order chi connectivity index (χ1) is 12.3. The van der Waals surface area contributed by atoms with Crippen LogP contribution in [0.25, 0.3) is 0 Å². The maximum atomic E-state index is 12.9. The van der Waals surface area contributed by atoms with E-state index >= 15 is 0 Å². The van der Waals surface area contributed by atoms with Gasteiger partial charge in [-0.25, -0.2) is 8.42 Å². The standard InChI is InChI=1S/C13H9ClF6N4O2S/c14-9-2-1-7(5-8(9)12(15,16)17)27(25,26)23-3-4-24-10(6-23)21-22-11(24)13(18,19)20/h1-2,5H,3-4,6H2. The summed E-state index contributed by atoms with van der Waals surface area (Å²) in [7, 11) is -4.42. The third-order valence-electron chi connectivity index (χ3n) is 3.85. The molecule has 27 heavy (non-hydrogen) atoms. The lowest BCUT2D eigenvalue weighted by atomic mass is 10.2. The van der Waals surface area contributed by atoms with Crippen molar-refractivity contribution >= 4 is 21.6 Å². The minimum Gasteiger partial charge on any atom is -0.305 e. The average molecular weight is 435 g/mol. The topological polar surface area (TPSA) is 68.1 Å². The number of rotatable bonds is 2. The number of nitrogens with zero attached hydrogens (tertiary/aromatic N) is 4. The van der Waals surface area contributed by atoms with Crippen LogP contribution in [-0.4, -0.2) is 34.0 Å². The lowest BCUT2D eigenvalue weighted by Crippen LogP contribution is -2.39. The van der Waals surface area contributed by atoms with E-state index in [9.17, 15) is 34.8 Å². The number of alkyl halides is 6. The van der Waals surface area contributed by atoms with E-state index in [0.29, 0.717) is 6.07 Å². The number of fused-ring (bicyclic) bond motifs is 1. The molecule has 2 heterocycles. The summed E-state index contributed by atoms with van der Waals surface area (Å²) in [6, 6.07) is 2.08. The summed E-state index contributed by atoms with van der Waals surface area (Å²) in [6.45, 7) is -1.34. The Labute approximate surface area is 153 Å². The van der Waals surface area contributed by atoms with Gasteiger partial charge in [-0.15, -0.1) is 10.2 Å². The molecule has 1 aromatic carbocycles. The highest BCUT2D eigenvalue weighted by molar-refractivity contribution is 7.89. The van der Waals surface area contributed by atoms with Gasteiger partial charge in [-0.2, -0.15) is 30.6 Å². The Balaban J connectivity index is 1.95. The van der Waals surface area contributed by atoms with Crippen molar-refractivity contribution in [2.24, 2.45) is 0 Å². The quantitative estimate of drug-likeness (QED) is 0.681. The molecule has 1 aromatic heterocycles. The van der Waals surface area contributed by atoms with Gasteiger partial charge in [0.05, 0.1) is 22.0 Å². The lowest BCUT2D eigenvalue weighted by molar-refractivity contribution is -0.147. The van der Waals surface area contributed by atoms with Crippen LogP contribution in [0.3, 0.4) is 0 Å². The Kier molecular flexibility index (Phi) is 4.67. The Hall–Kier alpha value is -1.86. The molecule has 148 valence electrons. The van der Waals surface area contributed by atoms with E-state index in [-0.39, 0.29) is 12.4 Å². The Bertz CT molecular complexity index is 986. The number of aromatic nitrogens is 3. The molecule has 6 nitrogen and oxygen atoms in total. The van der Waals surface area contributed by atoms with Crippen molar-refractivity contribution in [3.8, 4) is 0 Å². The van der Waals surface area contributed by atoms with E-state index < -0.39 is 56.8 Å². The SMILES string of the molecule is O=S(=O)(c1ccc(Cl)c(C(F)(F)F)c1)N1CCn2c(nnc2C(F)(F)F)C1. The van der Waals surface area contributed by atoms with E-state index in [1.54, 1.807) is 0 Å². The zero-order chi connectivity index (χ0) is 20.2. The zero-order valence-corrected chi connectivity index (χ0v) is 14.6. The van der Waals surface area contributed by atoms with Crippen LogP contribution in [0.4, 0.5) is 26.3 Å². The number of hydrogen-bond donors (Lipinski definition) is 0. The molecule has 0 amide bonds. The summed E-state index contributed by atoms with van der Waals surface area (Å²) < 4.78 is 104. The van der Waals surface area contributed by atoms with Crippen LogP contribution >= 0.6 is 11.6 Å². The highest BCUT2D eigenvalue weighted by atomic mass is 35.5. The van der Waals surface area contributed by atoms with Crippen molar-refractivity contribution in [3.63, 3.8) is 0 Å². The molecule has 14 heteroatoms. The van der Waals surface area contributed by atoms with Gasteiger partial charge in [0.1, 0.15) is 5.82 Å². The predicted molar refractivity (Wildman–Crippen MR) is 79.1 cm³/mol. The molecule has 0 N–H and O–H groups in total. The van der Waals surface area contributed by atoms with Crippen LogP contribution in [0, 0.1) is 0 Å². The maximum absolute atomic E-state index is 12.9. The van der Waals surface area contributed by atoms with Crippen molar-refractivity contribution in [2.45, 2.75) is 30.3 Å². The fourth-order valence-electron chi connectivity index (χ4n) is 2.58. The Morgan fingerprint density at radius 1 is 1.00 bits per heavy atom. The van der Waals surface area contributed by atoms with Gasteiger partial charge in [0.25, 0.3) is 0 Å². The third kappa shape index (κ3) is 3.62. The van der Waals surface area contributed by atoms with Gasteiger partial charge in [-0.3, -0.25) is 0 Å². The fraction of sp³-hybridized carbons (Fsp3) is 0.385. The molecule has 1 aliphatic rings. The van der Waals surface area contributed by atoms with Crippen molar-refractivity contribution < 1.29 is 34.8 Å². The first kappa shape index (κ1) is 19.9. The average Bonchev–Trinajstić information content (AvgIpc) is 2.97. The molecule has 0 radical (unpaired) electrons. The second kappa shape index (κ2) is 6.34. The van der Waals surface area contributed by atoms with Crippen LogP contribution < -0.4 is 0 Å². The summed E-state index contributed by atoms with van der Waals surface area (Å²) >= 11 is 5.47. The molecule has 0 aliphatic carbocycles. The molecular weight excluding hydrogens is 426 g/mol. The molecule has 0 saturated heterocycles. The van der Waals surface area contributed by atoms with Crippen LogP contribution in [0.15, 0.2) is 23.1 Å². The molecule has 0 fully saturated rings. The molecule has 3 rings (SSSR count). The fourth-order valence-corrected chi connectivity index (χ4v) is 4.22.